The topological polar surface area (TPSA) is 98.9 Å². The molecule has 0 unspecified atom stereocenters. The van der Waals surface area contributed by atoms with Gasteiger partial charge in [-0.05, 0) is 23.8 Å². The van der Waals surface area contributed by atoms with Crippen molar-refractivity contribution >= 4 is 11.7 Å². The molecule has 0 aliphatic carbocycles. The van der Waals surface area contributed by atoms with Crippen LogP contribution >= 0.6 is 0 Å². The first-order chi connectivity index (χ1) is 10.5. The Labute approximate surface area is 125 Å². The summed E-state index contributed by atoms with van der Waals surface area (Å²) < 4.78 is 10.2. The fourth-order valence-electron chi connectivity index (χ4n) is 2.07. The van der Waals surface area contributed by atoms with E-state index in [4.69, 9.17) is 14.6 Å². The van der Waals surface area contributed by atoms with Gasteiger partial charge < -0.3 is 14.6 Å². The fourth-order valence-corrected chi connectivity index (χ4v) is 2.07. The lowest BCUT2D eigenvalue weighted by molar-refractivity contribution is -0.384. The van der Waals surface area contributed by atoms with Gasteiger partial charge in [-0.15, -0.1) is 0 Å². The first kappa shape index (κ1) is 15.3. The third-order valence-corrected chi connectivity index (χ3v) is 3.12. The Bertz CT molecular complexity index is 741. The molecule has 1 N–H and O–H groups in total. The van der Waals surface area contributed by atoms with Crippen LogP contribution in [0.25, 0.3) is 11.1 Å². The van der Waals surface area contributed by atoms with Crippen LogP contribution in [0.3, 0.4) is 0 Å². The highest BCUT2D eigenvalue weighted by atomic mass is 16.6. The number of carbonyl (C=O) groups is 1. The van der Waals surface area contributed by atoms with E-state index in [0.717, 1.165) is 0 Å². The molecule has 0 bridgehead atoms. The van der Waals surface area contributed by atoms with Crippen molar-refractivity contribution < 1.29 is 24.3 Å². The molecule has 2 aromatic carbocycles. The summed E-state index contributed by atoms with van der Waals surface area (Å²) in [6.07, 6.45) is 0. The highest BCUT2D eigenvalue weighted by molar-refractivity contribution is 5.90. The number of hydrogen-bond acceptors (Lipinski definition) is 5. The van der Waals surface area contributed by atoms with Gasteiger partial charge in [0.25, 0.3) is 5.69 Å². The maximum Gasteiger partial charge on any atom is 0.335 e. The lowest BCUT2D eigenvalue weighted by Crippen LogP contribution is -1.99. The minimum atomic E-state index is -1.11. The van der Waals surface area contributed by atoms with Crippen molar-refractivity contribution in [3.05, 3.63) is 52.1 Å². The summed E-state index contributed by atoms with van der Waals surface area (Å²) in [4.78, 5) is 21.8. The monoisotopic (exact) mass is 303 g/mol. The Morgan fingerprint density at radius 2 is 1.77 bits per heavy atom. The van der Waals surface area contributed by atoms with Gasteiger partial charge in [0.1, 0.15) is 0 Å². The summed E-state index contributed by atoms with van der Waals surface area (Å²) in [5.41, 5.74) is 0.514. The third-order valence-electron chi connectivity index (χ3n) is 3.12. The molecule has 7 heteroatoms. The summed E-state index contributed by atoms with van der Waals surface area (Å²) in [5.74, 6) is -0.554. The van der Waals surface area contributed by atoms with Crippen LogP contribution in [0.15, 0.2) is 36.4 Å². The summed E-state index contributed by atoms with van der Waals surface area (Å²) in [6, 6.07) is 8.62. The van der Waals surface area contributed by atoms with Gasteiger partial charge in [0, 0.05) is 0 Å². The molecule has 7 nitrogen and oxygen atoms in total. The fraction of sp³-hybridized carbons (Fsp3) is 0.133. The minimum absolute atomic E-state index is 0.0431. The molecule has 0 fully saturated rings. The quantitative estimate of drug-likeness (QED) is 0.673. The number of ether oxygens (including phenoxy) is 2. The smallest absolute Gasteiger partial charge is 0.335 e. The summed E-state index contributed by atoms with van der Waals surface area (Å²) >= 11 is 0. The van der Waals surface area contributed by atoms with Crippen molar-refractivity contribution in [3.63, 3.8) is 0 Å². The molecule has 0 aliphatic rings. The van der Waals surface area contributed by atoms with Crippen LogP contribution in [0.4, 0.5) is 5.69 Å². The molecule has 2 rings (SSSR count). The molecule has 0 radical (unpaired) electrons. The second kappa shape index (κ2) is 6.13. The Morgan fingerprint density at radius 3 is 2.32 bits per heavy atom. The zero-order valence-electron chi connectivity index (χ0n) is 11.9. The van der Waals surface area contributed by atoms with Gasteiger partial charge in [-0.1, -0.05) is 12.1 Å². The van der Waals surface area contributed by atoms with Gasteiger partial charge in [0.15, 0.2) is 11.5 Å². The minimum Gasteiger partial charge on any atom is -0.493 e. The van der Waals surface area contributed by atoms with E-state index in [-0.39, 0.29) is 22.6 Å². The number of benzene rings is 2. The number of methoxy groups -OCH3 is 2. The average molecular weight is 303 g/mol. The second-order valence-corrected chi connectivity index (χ2v) is 4.37. The van der Waals surface area contributed by atoms with Gasteiger partial charge in [-0.3, -0.25) is 10.1 Å². The number of nitro groups is 1. The van der Waals surface area contributed by atoms with Crippen LogP contribution in [-0.2, 0) is 0 Å². The summed E-state index contributed by atoms with van der Waals surface area (Å²) in [7, 11) is 2.80. The van der Waals surface area contributed by atoms with E-state index in [1.807, 2.05) is 0 Å². The average Bonchev–Trinajstić information content (AvgIpc) is 2.53. The summed E-state index contributed by atoms with van der Waals surface area (Å²) in [5, 5.41) is 20.3. The van der Waals surface area contributed by atoms with E-state index in [1.165, 1.54) is 44.6 Å². The SMILES string of the molecule is COc1cc(-c2cccc(C(=O)O)c2)c([N+](=O)[O-])cc1OC. The zero-order chi connectivity index (χ0) is 16.3. The van der Waals surface area contributed by atoms with E-state index in [0.29, 0.717) is 11.3 Å². The van der Waals surface area contributed by atoms with Crippen molar-refractivity contribution in [2.45, 2.75) is 0 Å². The molecule has 114 valence electrons. The molecular formula is C15H13NO6. The lowest BCUT2D eigenvalue weighted by atomic mass is 10.0. The first-order valence-electron chi connectivity index (χ1n) is 6.22. The van der Waals surface area contributed by atoms with Crippen molar-refractivity contribution in [2.24, 2.45) is 0 Å². The van der Waals surface area contributed by atoms with Crippen LogP contribution in [0.2, 0.25) is 0 Å². The Balaban J connectivity index is 2.70. The molecule has 0 saturated heterocycles. The van der Waals surface area contributed by atoms with E-state index in [1.54, 1.807) is 6.07 Å². The highest BCUT2D eigenvalue weighted by Crippen LogP contribution is 2.39. The molecule has 0 saturated carbocycles. The second-order valence-electron chi connectivity index (χ2n) is 4.37. The predicted molar refractivity (Wildman–Crippen MR) is 78.6 cm³/mol. The van der Waals surface area contributed by atoms with Gasteiger partial charge in [0.05, 0.1) is 36.3 Å². The number of aromatic carboxylic acids is 1. The van der Waals surface area contributed by atoms with Crippen LogP contribution in [-0.4, -0.2) is 30.2 Å². The Kier molecular flexibility index (Phi) is 4.26. The van der Waals surface area contributed by atoms with Crippen molar-refractivity contribution in [2.75, 3.05) is 14.2 Å². The predicted octanol–water partition coefficient (Wildman–Crippen LogP) is 2.98. The largest absolute Gasteiger partial charge is 0.493 e. The van der Waals surface area contributed by atoms with Crippen molar-refractivity contribution in [3.8, 4) is 22.6 Å². The van der Waals surface area contributed by atoms with E-state index >= 15 is 0 Å². The molecule has 0 spiro atoms. The number of hydrogen-bond donors (Lipinski definition) is 1. The van der Waals surface area contributed by atoms with Crippen LogP contribution in [0.5, 0.6) is 11.5 Å². The zero-order valence-corrected chi connectivity index (χ0v) is 11.9. The van der Waals surface area contributed by atoms with Gasteiger partial charge in [-0.25, -0.2) is 4.79 Å². The Morgan fingerprint density at radius 1 is 1.14 bits per heavy atom. The molecule has 0 aliphatic heterocycles. The number of nitro benzene ring substituents is 1. The highest BCUT2D eigenvalue weighted by Gasteiger charge is 2.21. The van der Waals surface area contributed by atoms with Gasteiger partial charge >= 0.3 is 5.97 Å². The molecule has 0 atom stereocenters. The maximum atomic E-state index is 11.3. The normalized spacial score (nSPS) is 10.1. The summed E-state index contributed by atoms with van der Waals surface area (Å²) in [6.45, 7) is 0. The lowest BCUT2D eigenvalue weighted by Gasteiger charge is -2.11. The number of rotatable bonds is 5. The Hall–Kier alpha value is -3.09. The number of carboxylic acids is 1. The van der Waals surface area contributed by atoms with Gasteiger partial charge in [0.2, 0.25) is 0 Å². The maximum absolute atomic E-state index is 11.3. The third kappa shape index (κ3) is 2.83. The molecular weight excluding hydrogens is 290 g/mol. The first-order valence-corrected chi connectivity index (χ1v) is 6.22. The van der Waals surface area contributed by atoms with E-state index in [9.17, 15) is 14.9 Å². The van der Waals surface area contributed by atoms with E-state index < -0.39 is 10.9 Å². The number of carboxylic acid groups (broad SMARTS) is 1. The van der Waals surface area contributed by atoms with Crippen LogP contribution in [0.1, 0.15) is 10.4 Å². The van der Waals surface area contributed by atoms with Crippen molar-refractivity contribution in [1.29, 1.82) is 0 Å². The van der Waals surface area contributed by atoms with Crippen LogP contribution < -0.4 is 9.47 Å². The molecule has 0 aromatic heterocycles. The van der Waals surface area contributed by atoms with Crippen LogP contribution in [0, 0.1) is 10.1 Å². The van der Waals surface area contributed by atoms with Crippen molar-refractivity contribution in [1.82, 2.24) is 0 Å². The standard InChI is InChI=1S/C15H13NO6/c1-21-13-7-11(12(16(19)20)8-14(13)22-2)9-4-3-5-10(6-9)15(17)18/h3-8H,1-2H3,(H,17,18). The van der Waals surface area contributed by atoms with Gasteiger partial charge in [-0.2, -0.15) is 0 Å². The molecule has 22 heavy (non-hydrogen) atoms. The number of nitrogens with zero attached hydrogens (tertiary/aromatic N) is 1. The molecule has 0 heterocycles. The molecule has 2 aromatic rings. The van der Waals surface area contributed by atoms with E-state index in [2.05, 4.69) is 0 Å². The molecule has 0 amide bonds.